The van der Waals surface area contributed by atoms with Crippen molar-refractivity contribution < 1.29 is 4.42 Å². The first-order valence-corrected chi connectivity index (χ1v) is 6.41. The second kappa shape index (κ2) is 5.29. The molecule has 1 unspecified atom stereocenters. The number of nitrogens with one attached hydrogen (secondary N) is 1. The average Bonchev–Trinajstić information content (AvgIpc) is 2.95. The van der Waals surface area contributed by atoms with E-state index in [1.54, 1.807) is 11.3 Å². The van der Waals surface area contributed by atoms with Gasteiger partial charge in [0.15, 0.2) is 0 Å². The van der Waals surface area contributed by atoms with Crippen LogP contribution in [-0.2, 0) is 13.0 Å². The van der Waals surface area contributed by atoms with Gasteiger partial charge >= 0.3 is 6.01 Å². The number of aryl methyl sites for hydroxylation is 1. The molecular formula is C11H16N4OS. The van der Waals surface area contributed by atoms with Crippen LogP contribution in [0.4, 0.5) is 6.01 Å². The van der Waals surface area contributed by atoms with Gasteiger partial charge in [0.1, 0.15) is 0 Å². The lowest BCUT2D eigenvalue weighted by atomic mass is 10.4. The first kappa shape index (κ1) is 12.1. The highest BCUT2D eigenvalue weighted by Crippen LogP contribution is 2.18. The van der Waals surface area contributed by atoms with Crippen LogP contribution >= 0.6 is 11.3 Å². The molecule has 5 nitrogen and oxygen atoms in total. The van der Waals surface area contributed by atoms with Gasteiger partial charge in [0, 0.05) is 9.75 Å². The van der Waals surface area contributed by atoms with Crippen LogP contribution in [0.2, 0.25) is 0 Å². The Morgan fingerprint density at radius 2 is 2.18 bits per heavy atom. The van der Waals surface area contributed by atoms with Gasteiger partial charge in [-0.15, -0.1) is 16.4 Å². The van der Waals surface area contributed by atoms with E-state index in [2.05, 4.69) is 34.6 Å². The maximum atomic E-state index is 5.63. The molecule has 2 aromatic heterocycles. The topological polar surface area (TPSA) is 77.0 Å². The number of anilines is 1. The Balaban J connectivity index is 1.92. The Morgan fingerprint density at radius 3 is 2.76 bits per heavy atom. The summed E-state index contributed by atoms with van der Waals surface area (Å²) in [4.78, 5) is 2.63. The molecule has 0 aromatic carbocycles. The average molecular weight is 252 g/mol. The number of nitrogens with zero attached hydrogens (tertiary/aromatic N) is 2. The predicted molar refractivity (Wildman–Crippen MR) is 67.9 cm³/mol. The van der Waals surface area contributed by atoms with E-state index < -0.39 is 0 Å². The standard InChI is InChI=1S/C11H16N4OS/c1-3-8-4-5-9(17-8)6-13-11-15-14-10(16-11)7(2)12/h4-5,7H,3,6,12H2,1-2H3,(H,13,15). The quantitative estimate of drug-likeness (QED) is 0.854. The summed E-state index contributed by atoms with van der Waals surface area (Å²) in [6, 6.07) is 4.44. The van der Waals surface area contributed by atoms with Crippen LogP contribution in [-0.4, -0.2) is 10.2 Å². The first-order chi connectivity index (χ1) is 8.19. The predicted octanol–water partition coefficient (Wildman–Crippen LogP) is 2.33. The third-order valence-corrected chi connectivity index (χ3v) is 3.54. The Hall–Kier alpha value is -1.40. The van der Waals surface area contributed by atoms with Crippen molar-refractivity contribution in [1.29, 1.82) is 0 Å². The number of nitrogens with two attached hydrogens (primary N) is 1. The van der Waals surface area contributed by atoms with Crippen molar-refractivity contribution in [2.24, 2.45) is 5.73 Å². The van der Waals surface area contributed by atoms with E-state index in [1.165, 1.54) is 9.75 Å². The lowest BCUT2D eigenvalue weighted by Crippen LogP contribution is -2.04. The van der Waals surface area contributed by atoms with Gasteiger partial charge in [0.05, 0.1) is 12.6 Å². The van der Waals surface area contributed by atoms with E-state index in [4.69, 9.17) is 10.2 Å². The summed E-state index contributed by atoms with van der Waals surface area (Å²) in [5.41, 5.74) is 5.63. The zero-order valence-electron chi connectivity index (χ0n) is 9.93. The Morgan fingerprint density at radius 1 is 1.41 bits per heavy atom. The second-order valence-corrected chi connectivity index (χ2v) is 5.06. The molecule has 2 rings (SSSR count). The van der Waals surface area contributed by atoms with Crippen LogP contribution in [0.5, 0.6) is 0 Å². The van der Waals surface area contributed by atoms with Gasteiger partial charge in [-0.2, -0.15) is 0 Å². The Bertz CT molecular complexity index is 477. The van der Waals surface area contributed by atoms with Gasteiger partial charge in [-0.3, -0.25) is 0 Å². The van der Waals surface area contributed by atoms with Crippen molar-refractivity contribution in [1.82, 2.24) is 10.2 Å². The molecule has 0 aliphatic rings. The van der Waals surface area contributed by atoms with Crippen LogP contribution < -0.4 is 11.1 Å². The first-order valence-electron chi connectivity index (χ1n) is 5.59. The van der Waals surface area contributed by atoms with Crippen LogP contribution in [0.15, 0.2) is 16.5 Å². The molecule has 0 aliphatic heterocycles. The van der Waals surface area contributed by atoms with Gasteiger partial charge in [-0.05, 0) is 25.5 Å². The summed E-state index contributed by atoms with van der Waals surface area (Å²) < 4.78 is 5.35. The molecule has 3 N–H and O–H groups in total. The van der Waals surface area contributed by atoms with E-state index in [0.717, 1.165) is 6.42 Å². The normalized spacial score (nSPS) is 12.6. The maximum absolute atomic E-state index is 5.63. The smallest absolute Gasteiger partial charge is 0.315 e. The molecule has 0 fully saturated rings. The highest BCUT2D eigenvalue weighted by molar-refractivity contribution is 7.12. The molecule has 17 heavy (non-hydrogen) atoms. The molecule has 0 bridgehead atoms. The third kappa shape index (κ3) is 3.04. The largest absolute Gasteiger partial charge is 0.406 e. The fraction of sp³-hybridized carbons (Fsp3) is 0.455. The zero-order valence-corrected chi connectivity index (χ0v) is 10.8. The van der Waals surface area contributed by atoms with Gasteiger partial charge in [0.25, 0.3) is 0 Å². The summed E-state index contributed by atoms with van der Waals surface area (Å²) >= 11 is 1.79. The van der Waals surface area contributed by atoms with Crippen molar-refractivity contribution in [2.75, 3.05) is 5.32 Å². The lowest BCUT2D eigenvalue weighted by Gasteiger charge is -1.98. The van der Waals surface area contributed by atoms with Crippen LogP contribution in [0.1, 0.15) is 35.5 Å². The minimum atomic E-state index is -0.230. The number of aromatic nitrogens is 2. The van der Waals surface area contributed by atoms with Gasteiger partial charge < -0.3 is 15.5 Å². The van der Waals surface area contributed by atoms with E-state index in [1.807, 2.05) is 6.92 Å². The minimum Gasteiger partial charge on any atom is -0.406 e. The summed E-state index contributed by atoms with van der Waals surface area (Å²) in [5.74, 6) is 0.452. The van der Waals surface area contributed by atoms with E-state index >= 15 is 0 Å². The number of hydrogen-bond acceptors (Lipinski definition) is 6. The summed E-state index contributed by atoms with van der Waals surface area (Å²) in [6.07, 6.45) is 1.07. The van der Waals surface area contributed by atoms with Gasteiger partial charge in [0.2, 0.25) is 5.89 Å². The SMILES string of the molecule is CCc1ccc(CNc2nnc(C(C)N)o2)s1. The number of thiophene rings is 1. The van der Waals surface area contributed by atoms with Crippen molar-refractivity contribution in [2.45, 2.75) is 32.9 Å². The van der Waals surface area contributed by atoms with Gasteiger partial charge in [-0.25, -0.2) is 0 Å². The number of hydrogen-bond donors (Lipinski definition) is 2. The maximum Gasteiger partial charge on any atom is 0.315 e. The molecule has 0 spiro atoms. The molecule has 1 atom stereocenters. The van der Waals surface area contributed by atoms with Crippen LogP contribution in [0.25, 0.3) is 0 Å². The zero-order chi connectivity index (χ0) is 12.3. The molecule has 0 saturated carbocycles. The van der Waals surface area contributed by atoms with E-state index in [9.17, 15) is 0 Å². The Kier molecular flexibility index (Phi) is 3.75. The summed E-state index contributed by atoms with van der Waals surface area (Å²) in [7, 11) is 0. The van der Waals surface area contributed by atoms with Gasteiger partial charge in [-0.1, -0.05) is 12.0 Å². The summed E-state index contributed by atoms with van der Waals surface area (Å²) in [6.45, 7) is 4.66. The molecule has 0 aliphatic carbocycles. The van der Waals surface area contributed by atoms with Crippen molar-refractivity contribution in [3.63, 3.8) is 0 Å². The molecular weight excluding hydrogens is 236 g/mol. The second-order valence-electron chi connectivity index (χ2n) is 3.81. The number of rotatable bonds is 5. The monoisotopic (exact) mass is 252 g/mol. The molecule has 2 heterocycles. The molecule has 0 radical (unpaired) electrons. The Labute approximate surface area is 104 Å². The fourth-order valence-electron chi connectivity index (χ4n) is 1.36. The van der Waals surface area contributed by atoms with Crippen molar-refractivity contribution in [3.8, 4) is 0 Å². The highest BCUT2D eigenvalue weighted by atomic mass is 32.1. The summed E-state index contributed by atoms with van der Waals surface area (Å²) in [5, 5.41) is 10.8. The molecule has 92 valence electrons. The van der Waals surface area contributed by atoms with Crippen LogP contribution in [0, 0.1) is 0 Å². The molecule has 0 saturated heterocycles. The lowest BCUT2D eigenvalue weighted by molar-refractivity contribution is 0.473. The van der Waals surface area contributed by atoms with Crippen molar-refractivity contribution >= 4 is 17.4 Å². The highest BCUT2D eigenvalue weighted by Gasteiger charge is 2.09. The van der Waals surface area contributed by atoms with Crippen LogP contribution in [0.3, 0.4) is 0 Å². The third-order valence-electron chi connectivity index (χ3n) is 2.31. The van der Waals surface area contributed by atoms with E-state index in [-0.39, 0.29) is 6.04 Å². The molecule has 2 aromatic rings. The van der Waals surface area contributed by atoms with E-state index in [0.29, 0.717) is 18.5 Å². The molecule has 6 heteroatoms. The fourth-order valence-corrected chi connectivity index (χ4v) is 2.26. The van der Waals surface area contributed by atoms with Crippen molar-refractivity contribution in [3.05, 3.63) is 27.8 Å². The minimum absolute atomic E-state index is 0.230. The molecule has 0 amide bonds.